The van der Waals surface area contributed by atoms with Gasteiger partial charge in [-0.25, -0.2) is 14.8 Å². The highest BCUT2D eigenvalue weighted by molar-refractivity contribution is 5.92. The number of nitrogens with zero attached hydrogens (tertiary/aromatic N) is 5. The van der Waals surface area contributed by atoms with E-state index < -0.39 is 11.7 Å². The van der Waals surface area contributed by atoms with E-state index in [0.29, 0.717) is 50.0 Å². The Morgan fingerprint density at radius 2 is 1.71 bits per heavy atom. The van der Waals surface area contributed by atoms with Crippen LogP contribution in [-0.4, -0.2) is 85.8 Å². The van der Waals surface area contributed by atoms with E-state index in [2.05, 4.69) is 39.1 Å². The van der Waals surface area contributed by atoms with Crippen molar-refractivity contribution in [2.45, 2.75) is 39.8 Å². The van der Waals surface area contributed by atoms with Crippen LogP contribution in [0.15, 0.2) is 42.7 Å². The number of piperazine rings is 1. The number of alkyl halides is 3. The zero-order chi connectivity index (χ0) is 30.7. The number of hydrogen-bond donors (Lipinski definition) is 1. The van der Waals surface area contributed by atoms with Crippen LogP contribution in [0.5, 0.6) is 11.5 Å². The second-order valence-electron chi connectivity index (χ2n) is 9.70. The molecule has 1 N–H and O–H groups in total. The van der Waals surface area contributed by atoms with Crippen molar-refractivity contribution in [3.05, 3.63) is 48.3 Å². The smallest absolute Gasteiger partial charge is 0.416 e. The normalized spacial score (nSPS) is 13.5. The quantitative estimate of drug-likeness (QED) is 0.284. The van der Waals surface area contributed by atoms with Gasteiger partial charge in [-0.2, -0.15) is 13.2 Å². The fourth-order valence-corrected chi connectivity index (χ4v) is 4.65. The standard InChI is InChI=1S/C28H35F3N6O3.C2H6/c1-4-10-35(2)11-5-16-40-25-18-23-22(17-24(25)39-3)26(33-19-32-23)36-12-14-37(15-13-36)27(38)34-21-8-6-20(7-9-21)28(29,30)31;1-2/h6-9,17-19H,4-5,10-16H2,1-3H3,(H,34,38);1-2H3. The molecule has 0 bridgehead atoms. The van der Waals surface area contributed by atoms with Crippen LogP contribution in [0.1, 0.15) is 39.2 Å². The molecule has 1 fully saturated rings. The Bertz CT molecular complexity index is 1280. The molecule has 0 unspecified atom stereocenters. The lowest BCUT2D eigenvalue weighted by molar-refractivity contribution is -0.137. The first-order valence-corrected chi connectivity index (χ1v) is 14.3. The minimum absolute atomic E-state index is 0.306. The summed E-state index contributed by atoms with van der Waals surface area (Å²) in [6.07, 6.45) is -0.905. The van der Waals surface area contributed by atoms with Gasteiger partial charge in [0, 0.05) is 49.9 Å². The summed E-state index contributed by atoms with van der Waals surface area (Å²) in [5.74, 6) is 1.96. The van der Waals surface area contributed by atoms with Gasteiger partial charge in [-0.1, -0.05) is 20.8 Å². The van der Waals surface area contributed by atoms with Crippen molar-refractivity contribution in [1.82, 2.24) is 19.8 Å². The lowest BCUT2D eigenvalue weighted by atomic mass is 10.2. The van der Waals surface area contributed by atoms with Gasteiger partial charge in [0.05, 0.1) is 24.8 Å². The number of anilines is 2. The van der Waals surface area contributed by atoms with Gasteiger partial charge < -0.3 is 29.5 Å². The van der Waals surface area contributed by atoms with Gasteiger partial charge in [0.25, 0.3) is 0 Å². The molecule has 12 heteroatoms. The summed E-state index contributed by atoms with van der Waals surface area (Å²) in [6, 6.07) is 7.78. The summed E-state index contributed by atoms with van der Waals surface area (Å²) >= 11 is 0. The zero-order valence-corrected chi connectivity index (χ0v) is 25.0. The Hall–Kier alpha value is -3.80. The highest BCUT2D eigenvalue weighted by Crippen LogP contribution is 2.35. The number of benzene rings is 2. The summed E-state index contributed by atoms with van der Waals surface area (Å²) in [7, 11) is 3.70. The third-order valence-corrected chi connectivity index (χ3v) is 6.78. The number of ether oxygens (including phenoxy) is 2. The molecular formula is C30H41F3N6O3. The highest BCUT2D eigenvalue weighted by atomic mass is 19.4. The monoisotopic (exact) mass is 590 g/mol. The van der Waals surface area contributed by atoms with E-state index >= 15 is 0 Å². The molecule has 1 saturated heterocycles. The SMILES string of the molecule is CC.CCCN(C)CCCOc1cc2ncnc(N3CCN(C(=O)Nc4ccc(C(F)(F)F)cc4)CC3)c2cc1OC. The number of carbonyl (C=O) groups is 1. The summed E-state index contributed by atoms with van der Waals surface area (Å²) in [4.78, 5) is 27.7. The summed E-state index contributed by atoms with van der Waals surface area (Å²) in [6.45, 7) is 10.6. The van der Waals surface area contributed by atoms with Crippen LogP contribution in [0.3, 0.4) is 0 Å². The van der Waals surface area contributed by atoms with Gasteiger partial charge >= 0.3 is 12.2 Å². The van der Waals surface area contributed by atoms with Gasteiger partial charge in [0.2, 0.25) is 0 Å². The van der Waals surface area contributed by atoms with Crippen LogP contribution in [0.2, 0.25) is 0 Å². The zero-order valence-electron chi connectivity index (χ0n) is 25.0. The Morgan fingerprint density at radius 1 is 1.02 bits per heavy atom. The predicted octanol–water partition coefficient (Wildman–Crippen LogP) is 6.15. The Morgan fingerprint density at radius 3 is 2.33 bits per heavy atom. The number of amides is 2. The molecule has 0 radical (unpaired) electrons. The number of methoxy groups -OCH3 is 1. The van der Waals surface area contributed by atoms with Crippen LogP contribution in [0.4, 0.5) is 29.5 Å². The molecule has 0 saturated carbocycles. The van der Waals surface area contributed by atoms with Crippen LogP contribution in [0.25, 0.3) is 10.9 Å². The fourth-order valence-electron chi connectivity index (χ4n) is 4.65. The lowest BCUT2D eigenvalue weighted by Gasteiger charge is -2.35. The van der Waals surface area contributed by atoms with Crippen LogP contribution < -0.4 is 19.7 Å². The van der Waals surface area contributed by atoms with E-state index in [0.717, 1.165) is 54.8 Å². The minimum atomic E-state index is -4.42. The van der Waals surface area contributed by atoms with Crippen molar-refractivity contribution >= 4 is 28.4 Å². The van der Waals surface area contributed by atoms with E-state index in [1.54, 1.807) is 12.0 Å². The first-order chi connectivity index (χ1) is 20.2. The van der Waals surface area contributed by atoms with Crippen LogP contribution in [0, 0.1) is 0 Å². The fraction of sp³-hybridized carbons (Fsp3) is 0.500. The summed E-state index contributed by atoms with van der Waals surface area (Å²) in [5, 5.41) is 3.49. The van der Waals surface area contributed by atoms with Crippen molar-refractivity contribution in [2.24, 2.45) is 0 Å². The molecule has 3 aromatic rings. The van der Waals surface area contributed by atoms with Gasteiger partial charge in [-0.05, 0) is 56.8 Å². The maximum absolute atomic E-state index is 12.8. The predicted molar refractivity (Wildman–Crippen MR) is 160 cm³/mol. The molecule has 42 heavy (non-hydrogen) atoms. The Labute approximate surface area is 245 Å². The topological polar surface area (TPSA) is 83.1 Å². The van der Waals surface area contributed by atoms with E-state index in [4.69, 9.17) is 9.47 Å². The molecule has 230 valence electrons. The average molecular weight is 591 g/mol. The van der Waals surface area contributed by atoms with E-state index in [-0.39, 0.29) is 6.03 Å². The molecule has 4 rings (SSSR count). The molecule has 1 aromatic heterocycles. The van der Waals surface area contributed by atoms with Crippen molar-refractivity contribution in [3.63, 3.8) is 0 Å². The van der Waals surface area contributed by atoms with Gasteiger partial charge in [-0.15, -0.1) is 0 Å². The highest BCUT2D eigenvalue weighted by Gasteiger charge is 2.30. The second kappa shape index (κ2) is 15.4. The number of carbonyl (C=O) groups excluding carboxylic acids is 1. The van der Waals surface area contributed by atoms with Crippen molar-refractivity contribution in [3.8, 4) is 11.5 Å². The number of halogens is 3. The summed E-state index contributed by atoms with van der Waals surface area (Å²) in [5.41, 5.74) is 0.272. The lowest BCUT2D eigenvalue weighted by Crippen LogP contribution is -2.50. The van der Waals surface area contributed by atoms with E-state index in [1.165, 1.54) is 18.5 Å². The van der Waals surface area contributed by atoms with Crippen molar-refractivity contribution < 1.29 is 27.4 Å². The van der Waals surface area contributed by atoms with Crippen molar-refractivity contribution in [1.29, 1.82) is 0 Å². The van der Waals surface area contributed by atoms with Crippen LogP contribution in [-0.2, 0) is 6.18 Å². The number of urea groups is 1. The first kappa shape index (κ1) is 32.7. The van der Waals surface area contributed by atoms with Gasteiger partial charge in [0.15, 0.2) is 11.5 Å². The molecule has 9 nitrogen and oxygen atoms in total. The molecular weight excluding hydrogens is 549 g/mol. The number of aromatic nitrogens is 2. The molecule has 1 aliphatic rings. The molecule has 0 atom stereocenters. The van der Waals surface area contributed by atoms with E-state index in [9.17, 15) is 18.0 Å². The maximum atomic E-state index is 12.8. The van der Waals surface area contributed by atoms with E-state index in [1.807, 2.05) is 26.0 Å². The molecule has 1 aliphatic heterocycles. The second-order valence-corrected chi connectivity index (χ2v) is 9.70. The molecule has 2 heterocycles. The third-order valence-electron chi connectivity index (χ3n) is 6.78. The molecule has 2 amide bonds. The largest absolute Gasteiger partial charge is 0.493 e. The number of rotatable bonds is 10. The Balaban J connectivity index is 0.00000237. The maximum Gasteiger partial charge on any atom is 0.416 e. The average Bonchev–Trinajstić information content (AvgIpc) is 2.99. The molecule has 2 aromatic carbocycles. The van der Waals surface area contributed by atoms with Crippen LogP contribution >= 0.6 is 0 Å². The number of fused-ring (bicyclic) bond motifs is 1. The molecule has 0 aliphatic carbocycles. The Kier molecular flexibility index (Phi) is 12.0. The van der Waals surface area contributed by atoms with Gasteiger partial charge in [0.1, 0.15) is 12.1 Å². The summed E-state index contributed by atoms with van der Waals surface area (Å²) < 4.78 is 50.0. The minimum Gasteiger partial charge on any atom is -0.493 e. The van der Waals surface area contributed by atoms with Gasteiger partial charge in [-0.3, -0.25) is 0 Å². The third kappa shape index (κ3) is 8.60. The first-order valence-electron chi connectivity index (χ1n) is 14.3. The number of nitrogens with one attached hydrogen (secondary N) is 1. The van der Waals surface area contributed by atoms with Crippen molar-refractivity contribution in [2.75, 3.05) is 70.2 Å². The number of hydrogen-bond acceptors (Lipinski definition) is 7. The molecule has 0 spiro atoms.